The molecule has 0 spiro atoms. The van der Waals surface area contributed by atoms with Gasteiger partial charge in [0.2, 0.25) is 0 Å². The van der Waals surface area contributed by atoms with Gasteiger partial charge in [-0.3, -0.25) is 9.40 Å². The molecule has 2 aromatic rings. The van der Waals surface area contributed by atoms with Crippen LogP contribution in [0.4, 0.5) is 5.69 Å². The lowest BCUT2D eigenvalue weighted by Crippen LogP contribution is -2.16. The Bertz CT molecular complexity index is 990. The summed E-state index contributed by atoms with van der Waals surface area (Å²) in [5.41, 5.74) is 1.78. The molecular weight excluding hydrogens is 350 g/mol. The molecule has 1 N–H and O–H groups in total. The fourth-order valence-electron chi connectivity index (χ4n) is 2.54. The zero-order chi connectivity index (χ0) is 18.3. The van der Waals surface area contributed by atoms with Crippen LogP contribution in [0.1, 0.15) is 23.7 Å². The number of hydrogen-bond acceptors (Lipinski definition) is 5. The highest BCUT2D eigenvalue weighted by molar-refractivity contribution is 7.93. The highest BCUT2D eigenvalue weighted by Gasteiger charge is 2.24. The van der Waals surface area contributed by atoms with Crippen LogP contribution in [0, 0.1) is 13.8 Å². The van der Waals surface area contributed by atoms with Gasteiger partial charge in [-0.15, -0.1) is 0 Å². The summed E-state index contributed by atoms with van der Waals surface area (Å²) < 4.78 is 53.5. The number of anilines is 1. The molecule has 1 heterocycles. The summed E-state index contributed by atoms with van der Waals surface area (Å²) in [4.78, 5) is -0.0291. The highest BCUT2D eigenvalue weighted by atomic mass is 32.2. The molecule has 0 aliphatic carbocycles. The fraction of sp³-hybridized carbons (Fsp3) is 0.400. The number of aromatic nitrogens is 2. The normalized spacial score (nSPS) is 12.4. The highest BCUT2D eigenvalue weighted by Crippen LogP contribution is 2.27. The number of hydrogen-bond donors (Lipinski definition) is 1. The monoisotopic (exact) mass is 371 g/mol. The van der Waals surface area contributed by atoms with E-state index in [0.717, 1.165) is 6.26 Å². The lowest BCUT2D eigenvalue weighted by atomic mass is 10.2. The van der Waals surface area contributed by atoms with E-state index >= 15 is 0 Å². The molecule has 0 bridgehead atoms. The van der Waals surface area contributed by atoms with Crippen LogP contribution in [-0.4, -0.2) is 32.9 Å². The summed E-state index contributed by atoms with van der Waals surface area (Å²) in [5.74, 6) is 0. The van der Waals surface area contributed by atoms with E-state index in [4.69, 9.17) is 0 Å². The van der Waals surface area contributed by atoms with Gasteiger partial charge in [0, 0.05) is 19.5 Å². The second-order valence-corrected chi connectivity index (χ2v) is 9.42. The van der Waals surface area contributed by atoms with Crippen molar-refractivity contribution in [2.75, 3.05) is 11.0 Å². The maximum Gasteiger partial charge on any atom is 0.262 e. The predicted molar refractivity (Wildman–Crippen MR) is 92.4 cm³/mol. The minimum atomic E-state index is -3.94. The number of benzene rings is 1. The summed E-state index contributed by atoms with van der Waals surface area (Å²) in [5, 5.41) is 4.20. The van der Waals surface area contributed by atoms with E-state index < -0.39 is 19.9 Å². The van der Waals surface area contributed by atoms with Gasteiger partial charge >= 0.3 is 0 Å². The number of aryl methyl sites for hydroxylation is 3. The molecule has 0 aliphatic heterocycles. The van der Waals surface area contributed by atoms with Gasteiger partial charge in [0.15, 0.2) is 9.84 Å². The Morgan fingerprint density at radius 3 is 2.25 bits per heavy atom. The van der Waals surface area contributed by atoms with Crippen molar-refractivity contribution in [3.05, 3.63) is 35.2 Å². The molecule has 7 nitrogen and oxygen atoms in total. The van der Waals surface area contributed by atoms with Gasteiger partial charge < -0.3 is 0 Å². The third-order valence-electron chi connectivity index (χ3n) is 3.63. The van der Waals surface area contributed by atoms with Gasteiger partial charge in [-0.25, -0.2) is 16.8 Å². The maximum atomic E-state index is 12.8. The van der Waals surface area contributed by atoms with Crippen molar-refractivity contribution < 1.29 is 16.8 Å². The van der Waals surface area contributed by atoms with Crippen LogP contribution >= 0.6 is 0 Å². The molecule has 0 atom stereocenters. The van der Waals surface area contributed by atoms with Gasteiger partial charge in [0.05, 0.1) is 21.2 Å². The van der Waals surface area contributed by atoms with E-state index in [9.17, 15) is 16.8 Å². The molecule has 0 aliphatic rings. The molecule has 0 radical (unpaired) electrons. The zero-order valence-corrected chi connectivity index (χ0v) is 15.9. The zero-order valence-electron chi connectivity index (χ0n) is 14.3. The molecule has 132 valence electrons. The van der Waals surface area contributed by atoms with Crippen molar-refractivity contribution >= 4 is 25.5 Å². The molecule has 0 saturated heterocycles. The first kappa shape index (κ1) is 18.5. The topological polar surface area (TPSA) is 98.1 Å². The van der Waals surface area contributed by atoms with E-state index in [2.05, 4.69) is 9.82 Å². The number of sulfone groups is 1. The molecule has 1 aromatic heterocycles. The van der Waals surface area contributed by atoms with Crippen LogP contribution in [0.2, 0.25) is 0 Å². The van der Waals surface area contributed by atoms with Crippen LogP contribution in [-0.2, 0) is 33.3 Å². The second kappa shape index (κ2) is 6.21. The Kier molecular flexibility index (Phi) is 4.78. The minimum Gasteiger partial charge on any atom is -0.276 e. The predicted octanol–water partition coefficient (Wildman–Crippen LogP) is 1.80. The van der Waals surface area contributed by atoms with Crippen LogP contribution in [0.15, 0.2) is 28.1 Å². The number of sulfonamides is 1. The van der Waals surface area contributed by atoms with E-state index in [0.29, 0.717) is 23.4 Å². The Labute approximate surface area is 142 Å². The van der Waals surface area contributed by atoms with Gasteiger partial charge in [0.25, 0.3) is 10.0 Å². The van der Waals surface area contributed by atoms with E-state index in [1.165, 1.54) is 23.7 Å². The third-order valence-corrected chi connectivity index (χ3v) is 6.34. The summed E-state index contributed by atoms with van der Waals surface area (Å²) in [6.07, 6.45) is 3.22. The number of nitrogens with zero attached hydrogens (tertiary/aromatic N) is 2. The summed E-state index contributed by atoms with van der Waals surface area (Å²) >= 11 is 0. The fourth-order valence-corrected chi connectivity index (χ4v) is 5.09. The summed E-state index contributed by atoms with van der Waals surface area (Å²) in [7, 11) is -5.76. The maximum absolute atomic E-state index is 12.8. The van der Waals surface area contributed by atoms with Crippen molar-refractivity contribution in [1.82, 2.24) is 9.78 Å². The molecule has 0 amide bonds. The minimum absolute atomic E-state index is 0.0183. The first-order chi connectivity index (χ1) is 11.0. The Hall–Kier alpha value is -1.87. The van der Waals surface area contributed by atoms with Crippen LogP contribution < -0.4 is 4.72 Å². The Morgan fingerprint density at radius 2 is 1.71 bits per heavy atom. The van der Waals surface area contributed by atoms with Crippen LogP contribution in [0.5, 0.6) is 0 Å². The van der Waals surface area contributed by atoms with Gasteiger partial charge in [0.1, 0.15) is 0 Å². The molecule has 0 saturated carbocycles. The smallest absolute Gasteiger partial charge is 0.262 e. The van der Waals surface area contributed by atoms with Crippen molar-refractivity contribution in [3.63, 3.8) is 0 Å². The first-order valence-corrected chi connectivity index (χ1v) is 10.7. The van der Waals surface area contributed by atoms with Gasteiger partial charge in [-0.05, 0) is 43.5 Å². The molecule has 2 rings (SSSR count). The van der Waals surface area contributed by atoms with Crippen molar-refractivity contribution in [2.45, 2.75) is 37.0 Å². The van der Waals surface area contributed by atoms with Crippen LogP contribution in [0.3, 0.4) is 0 Å². The third kappa shape index (κ3) is 3.62. The molecule has 1 aromatic carbocycles. The summed E-state index contributed by atoms with van der Waals surface area (Å²) in [6, 6.07) is 2.94. The van der Waals surface area contributed by atoms with E-state index in [1.807, 2.05) is 6.92 Å². The number of nitrogens with one attached hydrogen (secondary N) is 1. The van der Waals surface area contributed by atoms with Crippen molar-refractivity contribution in [2.24, 2.45) is 7.05 Å². The SMILES string of the molecule is CCc1nn(C)cc1NS(=O)(=O)c1cc(C)cc(S(C)(=O)=O)c1C. The molecule has 0 fully saturated rings. The Balaban J connectivity index is 2.60. The number of rotatable bonds is 5. The average molecular weight is 371 g/mol. The van der Waals surface area contributed by atoms with E-state index in [-0.39, 0.29) is 15.4 Å². The standard InChI is InChI=1S/C15H21N3O4S2/c1-6-12-13(9-18(4)16-12)17-24(21,22)15-8-10(2)7-14(11(15)3)23(5,19)20/h7-9,17H,6H2,1-5H3. The summed E-state index contributed by atoms with van der Waals surface area (Å²) in [6.45, 7) is 5.03. The van der Waals surface area contributed by atoms with Crippen molar-refractivity contribution in [1.29, 1.82) is 0 Å². The second-order valence-electron chi connectivity index (χ2n) is 5.78. The van der Waals surface area contributed by atoms with Gasteiger partial charge in [-0.2, -0.15) is 5.10 Å². The van der Waals surface area contributed by atoms with Crippen LogP contribution in [0.25, 0.3) is 0 Å². The quantitative estimate of drug-likeness (QED) is 0.864. The average Bonchev–Trinajstić information content (AvgIpc) is 2.78. The van der Waals surface area contributed by atoms with E-state index in [1.54, 1.807) is 20.2 Å². The Morgan fingerprint density at radius 1 is 1.12 bits per heavy atom. The van der Waals surface area contributed by atoms with Crippen molar-refractivity contribution in [3.8, 4) is 0 Å². The molecule has 9 heteroatoms. The molecule has 24 heavy (non-hydrogen) atoms. The first-order valence-electron chi connectivity index (χ1n) is 7.32. The largest absolute Gasteiger partial charge is 0.276 e. The van der Waals surface area contributed by atoms with Gasteiger partial charge in [-0.1, -0.05) is 6.92 Å². The lowest BCUT2D eigenvalue weighted by Gasteiger charge is -2.14. The molecule has 0 unspecified atom stereocenters. The lowest BCUT2D eigenvalue weighted by molar-refractivity contribution is 0.598. The molecular formula is C15H21N3O4S2.